The van der Waals surface area contributed by atoms with Gasteiger partial charge in [-0.1, -0.05) is 115 Å². The van der Waals surface area contributed by atoms with E-state index in [1.165, 1.54) is 71.7 Å². The highest BCUT2D eigenvalue weighted by Crippen LogP contribution is 2.42. The molecule has 1 atom stereocenters. The van der Waals surface area contributed by atoms with E-state index in [0.717, 1.165) is 60.3 Å². The van der Waals surface area contributed by atoms with Crippen molar-refractivity contribution in [3.8, 4) is 23.3 Å². The van der Waals surface area contributed by atoms with Crippen LogP contribution in [-0.4, -0.2) is 9.13 Å². The summed E-state index contributed by atoms with van der Waals surface area (Å²) in [5, 5.41) is 24.3. The standard InChI is InChI=1S/C64H47N5/c65-42-45-21-27-49(28-22-45)58(50-31-37-63-59(40-50)56-15-7-9-17-61(56)68(63)51-11-3-1-4-12-51)39-44-19-25-47(26-20-44)48-29-34-54(35-30-48)67(53-32-23-46(43-66)24-33-53)55-36-38-64-60(41-55)57-16-8-10-18-62(57)69(64)52-13-5-2-6-14-52/h1-3,5,7-11,13,15-38,40-41,58H,4,6,12,14,39H2. The van der Waals surface area contributed by atoms with Gasteiger partial charge in [-0.3, -0.25) is 0 Å². The van der Waals surface area contributed by atoms with Crippen molar-refractivity contribution in [3.05, 3.63) is 246 Å². The minimum absolute atomic E-state index is 0.0803. The molecule has 2 heterocycles. The second-order valence-corrected chi connectivity index (χ2v) is 18.2. The van der Waals surface area contributed by atoms with E-state index < -0.39 is 0 Å². The number of para-hydroxylation sites is 2. The molecule has 2 aliphatic carbocycles. The Morgan fingerprint density at radius 2 is 0.913 bits per heavy atom. The summed E-state index contributed by atoms with van der Waals surface area (Å²) in [5.41, 5.74) is 17.8. The molecule has 8 aromatic carbocycles. The van der Waals surface area contributed by atoms with Crippen LogP contribution in [0, 0.1) is 22.7 Å². The van der Waals surface area contributed by atoms with Gasteiger partial charge in [0, 0.05) is 55.9 Å². The van der Waals surface area contributed by atoms with Gasteiger partial charge in [0.1, 0.15) is 0 Å². The third-order valence-corrected chi connectivity index (χ3v) is 14.1. The van der Waals surface area contributed by atoms with E-state index in [0.29, 0.717) is 11.1 Å². The molecule has 0 fully saturated rings. The van der Waals surface area contributed by atoms with Gasteiger partial charge in [0.15, 0.2) is 0 Å². The minimum Gasteiger partial charge on any atom is -0.313 e. The lowest BCUT2D eigenvalue weighted by Crippen LogP contribution is -2.10. The van der Waals surface area contributed by atoms with Crippen molar-refractivity contribution >= 4 is 72.1 Å². The predicted molar refractivity (Wildman–Crippen MR) is 286 cm³/mol. The van der Waals surface area contributed by atoms with E-state index in [9.17, 15) is 10.5 Å². The molecule has 0 aliphatic heterocycles. The number of anilines is 3. The summed E-state index contributed by atoms with van der Waals surface area (Å²) in [6, 6.07) is 69.6. The Morgan fingerprint density at radius 3 is 1.46 bits per heavy atom. The summed E-state index contributed by atoms with van der Waals surface area (Å²) in [4.78, 5) is 2.28. The van der Waals surface area contributed by atoms with Crippen molar-refractivity contribution in [2.75, 3.05) is 4.90 Å². The van der Waals surface area contributed by atoms with Gasteiger partial charge in [0.25, 0.3) is 0 Å². The third kappa shape index (κ3) is 7.61. The monoisotopic (exact) mass is 885 g/mol. The molecule has 0 N–H and O–H groups in total. The summed E-state index contributed by atoms with van der Waals surface area (Å²) in [6.45, 7) is 0. The van der Waals surface area contributed by atoms with Crippen LogP contribution in [0.1, 0.15) is 59.4 Å². The van der Waals surface area contributed by atoms with Crippen LogP contribution in [0.25, 0.3) is 66.1 Å². The molecule has 69 heavy (non-hydrogen) atoms. The van der Waals surface area contributed by atoms with E-state index in [4.69, 9.17) is 0 Å². The van der Waals surface area contributed by atoms with Crippen LogP contribution in [-0.2, 0) is 6.42 Å². The van der Waals surface area contributed by atoms with E-state index in [2.05, 4.69) is 208 Å². The first-order valence-corrected chi connectivity index (χ1v) is 23.9. The molecule has 328 valence electrons. The molecule has 10 aromatic rings. The molecule has 5 nitrogen and oxygen atoms in total. The zero-order chi connectivity index (χ0) is 46.3. The normalized spacial score (nSPS) is 13.9. The van der Waals surface area contributed by atoms with Crippen LogP contribution in [0.5, 0.6) is 0 Å². The summed E-state index contributed by atoms with van der Waals surface area (Å²) >= 11 is 0. The number of hydrogen-bond donors (Lipinski definition) is 0. The molecule has 2 aliphatic rings. The molecule has 0 amide bonds. The Kier molecular flexibility index (Phi) is 10.7. The van der Waals surface area contributed by atoms with E-state index in [-0.39, 0.29) is 5.92 Å². The lowest BCUT2D eigenvalue weighted by atomic mass is 9.84. The maximum Gasteiger partial charge on any atom is 0.0991 e. The molecule has 0 saturated heterocycles. The fraction of sp³-hybridized carbons (Fsp3) is 0.0938. The van der Waals surface area contributed by atoms with Crippen LogP contribution in [0.4, 0.5) is 17.1 Å². The van der Waals surface area contributed by atoms with E-state index in [1.54, 1.807) is 0 Å². The van der Waals surface area contributed by atoms with Crippen molar-refractivity contribution in [2.45, 2.75) is 38.0 Å². The number of nitriles is 2. The maximum absolute atomic E-state index is 9.67. The van der Waals surface area contributed by atoms with Crippen molar-refractivity contribution < 1.29 is 0 Å². The van der Waals surface area contributed by atoms with Crippen LogP contribution in [0.3, 0.4) is 0 Å². The van der Waals surface area contributed by atoms with Gasteiger partial charge in [-0.15, -0.1) is 0 Å². The third-order valence-electron chi connectivity index (χ3n) is 14.1. The van der Waals surface area contributed by atoms with Gasteiger partial charge in [-0.25, -0.2) is 0 Å². The summed E-state index contributed by atoms with van der Waals surface area (Å²) in [7, 11) is 0. The Morgan fingerprint density at radius 1 is 0.449 bits per heavy atom. The highest BCUT2D eigenvalue weighted by Gasteiger charge is 2.22. The SMILES string of the molecule is N#Cc1ccc(C(Cc2ccc(-c3ccc(N(c4ccc(C#N)cc4)c4ccc5c(c4)c4ccccc4n5C4=CC=CCC4)cc3)cc2)c2ccc3c(c2)c2ccccc2n3C2=CC=CCC2)cc1. The molecule has 0 radical (unpaired) electrons. The Balaban J connectivity index is 0.873. The van der Waals surface area contributed by atoms with Crippen molar-refractivity contribution in [1.29, 1.82) is 10.5 Å². The topological polar surface area (TPSA) is 60.7 Å². The largest absolute Gasteiger partial charge is 0.313 e. The van der Waals surface area contributed by atoms with Crippen molar-refractivity contribution in [1.82, 2.24) is 9.13 Å². The first-order chi connectivity index (χ1) is 34.1. The van der Waals surface area contributed by atoms with Gasteiger partial charge in [-0.05, 0) is 163 Å². The number of benzene rings is 8. The zero-order valence-corrected chi connectivity index (χ0v) is 38.1. The molecule has 5 heteroatoms. The minimum atomic E-state index is 0.0803. The molecule has 0 saturated carbocycles. The molecule has 0 spiro atoms. The smallest absolute Gasteiger partial charge is 0.0991 e. The predicted octanol–water partition coefficient (Wildman–Crippen LogP) is 16.5. The van der Waals surface area contributed by atoms with Crippen molar-refractivity contribution in [2.24, 2.45) is 0 Å². The number of aromatic nitrogens is 2. The highest BCUT2D eigenvalue weighted by atomic mass is 15.1. The molecule has 1 unspecified atom stereocenters. The van der Waals surface area contributed by atoms with Crippen LogP contribution >= 0.6 is 0 Å². The first-order valence-electron chi connectivity index (χ1n) is 23.9. The number of nitrogens with zero attached hydrogens (tertiary/aromatic N) is 5. The van der Waals surface area contributed by atoms with Gasteiger partial charge < -0.3 is 14.0 Å². The number of rotatable bonds is 10. The average Bonchev–Trinajstić information content (AvgIpc) is 3.94. The molecule has 2 aromatic heterocycles. The lowest BCUT2D eigenvalue weighted by Gasteiger charge is -2.26. The second kappa shape index (κ2) is 17.7. The number of hydrogen-bond acceptors (Lipinski definition) is 3. The average molecular weight is 886 g/mol. The Hall–Kier alpha value is -8.90. The van der Waals surface area contributed by atoms with E-state index >= 15 is 0 Å². The maximum atomic E-state index is 9.67. The van der Waals surface area contributed by atoms with Gasteiger partial charge in [0.05, 0.1) is 45.3 Å². The first kappa shape index (κ1) is 41.5. The number of fused-ring (bicyclic) bond motifs is 6. The van der Waals surface area contributed by atoms with Gasteiger partial charge >= 0.3 is 0 Å². The lowest BCUT2D eigenvalue weighted by molar-refractivity contribution is 0.806. The molecular weight excluding hydrogens is 839 g/mol. The highest BCUT2D eigenvalue weighted by molar-refractivity contribution is 6.12. The quantitative estimate of drug-likeness (QED) is 0.137. The Bertz CT molecular complexity index is 3810. The van der Waals surface area contributed by atoms with Gasteiger partial charge in [0.2, 0.25) is 0 Å². The molecular formula is C64H47N5. The molecule has 0 bridgehead atoms. The Labute approximate surface area is 402 Å². The summed E-state index contributed by atoms with van der Waals surface area (Å²) in [6.07, 6.45) is 18.2. The van der Waals surface area contributed by atoms with Gasteiger partial charge in [-0.2, -0.15) is 10.5 Å². The zero-order valence-electron chi connectivity index (χ0n) is 38.1. The van der Waals surface area contributed by atoms with Crippen molar-refractivity contribution in [3.63, 3.8) is 0 Å². The van der Waals surface area contributed by atoms with Crippen LogP contribution in [0.2, 0.25) is 0 Å². The number of allylic oxidation sites excluding steroid dienone is 8. The van der Waals surface area contributed by atoms with E-state index in [1.807, 2.05) is 36.4 Å². The second-order valence-electron chi connectivity index (χ2n) is 18.2. The molecule has 12 rings (SSSR count). The fourth-order valence-corrected chi connectivity index (χ4v) is 10.7. The summed E-state index contributed by atoms with van der Waals surface area (Å²) < 4.78 is 4.86. The summed E-state index contributed by atoms with van der Waals surface area (Å²) in [5.74, 6) is 0.0803. The van der Waals surface area contributed by atoms with Crippen LogP contribution < -0.4 is 4.90 Å². The van der Waals surface area contributed by atoms with Crippen LogP contribution in [0.15, 0.2) is 218 Å². The fourth-order valence-electron chi connectivity index (χ4n) is 10.7.